The fraction of sp³-hybridized carbons (Fsp3) is 0.333. The molecule has 1 aromatic carbocycles. The van der Waals surface area contributed by atoms with Crippen LogP contribution >= 0.6 is 11.6 Å². The molecule has 0 aliphatic heterocycles. The van der Waals surface area contributed by atoms with Crippen molar-refractivity contribution >= 4 is 11.6 Å². The van der Waals surface area contributed by atoms with Crippen molar-refractivity contribution in [2.75, 3.05) is 7.11 Å². The third-order valence-corrected chi connectivity index (χ3v) is 2.25. The Morgan fingerprint density at radius 2 is 1.93 bits per heavy atom. The number of hydrogen-bond donors (Lipinski definition) is 0. The Morgan fingerprint density at radius 1 is 1.33 bits per heavy atom. The number of ether oxygens (including phenoxy) is 1. The summed E-state index contributed by atoms with van der Waals surface area (Å²) in [5, 5.41) is -2.34. The molecule has 84 valence electrons. The number of rotatable bonds is 2. The number of halogens is 5. The molecule has 0 aliphatic rings. The fourth-order valence-corrected chi connectivity index (χ4v) is 1.19. The zero-order valence-electron chi connectivity index (χ0n) is 7.61. The lowest BCUT2D eigenvalue weighted by Gasteiger charge is -2.14. The average molecular weight is 243 g/mol. The minimum absolute atomic E-state index is 0.141. The first-order chi connectivity index (χ1) is 6.86. The molecule has 1 nitrogen and oxygen atoms in total. The highest BCUT2D eigenvalue weighted by Crippen LogP contribution is 2.39. The van der Waals surface area contributed by atoms with E-state index in [1.54, 1.807) is 0 Å². The van der Waals surface area contributed by atoms with Gasteiger partial charge < -0.3 is 4.74 Å². The van der Waals surface area contributed by atoms with Gasteiger partial charge in [0.15, 0.2) is 5.38 Å². The van der Waals surface area contributed by atoms with Crippen molar-refractivity contribution in [3.63, 3.8) is 0 Å². The van der Waals surface area contributed by atoms with E-state index >= 15 is 0 Å². The lowest BCUT2D eigenvalue weighted by molar-refractivity contribution is -0.132. The Hall–Kier alpha value is -0.970. The van der Waals surface area contributed by atoms with E-state index in [-0.39, 0.29) is 5.75 Å². The highest BCUT2D eigenvalue weighted by molar-refractivity contribution is 6.21. The van der Waals surface area contributed by atoms with Gasteiger partial charge in [0.25, 0.3) is 0 Å². The third-order valence-electron chi connectivity index (χ3n) is 1.77. The Balaban J connectivity index is 3.06. The summed E-state index contributed by atoms with van der Waals surface area (Å²) in [5.74, 6) is -0.894. The van der Waals surface area contributed by atoms with Crippen LogP contribution < -0.4 is 4.74 Å². The van der Waals surface area contributed by atoms with Crippen LogP contribution in [0.2, 0.25) is 0 Å². The maximum atomic E-state index is 13.2. The van der Waals surface area contributed by atoms with Gasteiger partial charge in [-0.3, -0.25) is 0 Å². The van der Waals surface area contributed by atoms with E-state index < -0.39 is 22.9 Å². The molecule has 0 spiro atoms. The minimum Gasteiger partial charge on any atom is -0.497 e. The SMILES string of the molecule is COc1ccc(C(Cl)C(F)(F)F)c(F)c1. The Kier molecular flexibility index (Phi) is 3.44. The normalized spacial score (nSPS) is 13.7. The molecule has 0 aliphatic carbocycles. The van der Waals surface area contributed by atoms with Crippen molar-refractivity contribution < 1.29 is 22.3 Å². The van der Waals surface area contributed by atoms with Gasteiger partial charge in [0.1, 0.15) is 11.6 Å². The molecule has 6 heteroatoms. The number of alkyl halides is 4. The van der Waals surface area contributed by atoms with Crippen molar-refractivity contribution in [1.82, 2.24) is 0 Å². The lowest BCUT2D eigenvalue weighted by Crippen LogP contribution is -2.16. The number of hydrogen-bond acceptors (Lipinski definition) is 1. The number of methoxy groups -OCH3 is 1. The predicted molar refractivity (Wildman–Crippen MR) is 47.6 cm³/mol. The molecule has 0 bridgehead atoms. The summed E-state index contributed by atoms with van der Waals surface area (Å²) < 4.78 is 54.3. The van der Waals surface area contributed by atoms with Crippen LogP contribution in [0.5, 0.6) is 5.75 Å². The lowest BCUT2D eigenvalue weighted by atomic mass is 10.1. The van der Waals surface area contributed by atoms with Crippen LogP contribution in [-0.4, -0.2) is 13.3 Å². The smallest absolute Gasteiger partial charge is 0.409 e. The van der Waals surface area contributed by atoms with Gasteiger partial charge in [0.05, 0.1) is 7.11 Å². The van der Waals surface area contributed by atoms with E-state index in [2.05, 4.69) is 4.74 Å². The Labute approximate surface area is 88.6 Å². The van der Waals surface area contributed by atoms with Crippen molar-refractivity contribution in [3.05, 3.63) is 29.6 Å². The second kappa shape index (κ2) is 4.26. The highest BCUT2D eigenvalue weighted by atomic mass is 35.5. The van der Waals surface area contributed by atoms with Crippen LogP contribution in [0.15, 0.2) is 18.2 Å². The summed E-state index contributed by atoms with van der Waals surface area (Å²) >= 11 is 5.08. The van der Waals surface area contributed by atoms with Gasteiger partial charge in [-0.2, -0.15) is 13.2 Å². The van der Waals surface area contributed by atoms with E-state index in [0.29, 0.717) is 0 Å². The van der Waals surface area contributed by atoms with E-state index in [1.807, 2.05) is 0 Å². The monoisotopic (exact) mass is 242 g/mol. The standard InChI is InChI=1S/C9H7ClF4O/c1-15-5-2-3-6(7(11)4-5)8(10)9(12,13)14/h2-4,8H,1H3. The summed E-state index contributed by atoms with van der Waals surface area (Å²) in [4.78, 5) is 0. The van der Waals surface area contributed by atoms with Crippen LogP contribution in [0.4, 0.5) is 17.6 Å². The van der Waals surface area contributed by atoms with Gasteiger partial charge in [-0.25, -0.2) is 4.39 Å². The first-order valence-electron chi connectivity index (χ1n) is 3.90. The molecule has 0 radical (unpaired) electrons. The molecule has 1 rings (SSSR count). The van der Waals surface area contributed by atoms with Gasteiger partial charge in [-0.05, 0) is 6.07 Å². The van der Waals surface area contributed by atoms with Crippen molar-refractivity contribution in [2.24, 2.45) is 0 Å². The first-order valence-corrected chi connectivity index (χ1v) is 4.34. The molecular formula is C9H7ClF4O. The highest BCUT2D eigenvalue weighted by Gasteiger charge is 2.40. The quantitative estimate of drug-likeness (QED) is 0.568. The zero-order valence-corrected chi connectivity index (χ0v) is 8.36. The van der Waals surface area contributed by atoms with E-state index in [1.165, 1.54) is 13.2 Å². The third kappa shape index (κ3) is 2.75. The van der Waals surface area contributed by atoms with E-state index in [4.69, 9.17) is 11.6 Å². The van der Waals surface area contributed by atoms with Crippen LogP contribution in [0.1, 0.15) is 10.9 Å². The Morgan fingerprint density at radius 3 is 2.33 bits per heavy atom. The average Bonchev–Trinajstić information content (AvgIpc) is 2.15. The van der Waals surface area contributed by atoms with Gasteiger partial charge in [-0.15, -0.1) is 11.6 Å². The second-order valence-electron chi connectivity index (χ2n) is 2.79. The van der Waals surface area contributed by atoms with E-state index in [0.717, 1.165) is 12.1 Å². The van der Waals surface area contributed by atoms with Crippen LogP contribution in [0.3, 0.4) is 0 Å². The molecular weight excluding hydrogens is 236 g/mol. The summed E-state index contributed by atoms with van der Waals surface area (Å²) in [6.07, 6.45) is -4.67. The molecule has 1 aromatic rings. The van der Waals surface area contributed by atoms with Crippen LogP contribution in [0, 0.1) is 5.82 Å². The van der Waals surface area contributed by atoms with Gasteiger partial charge in [-0.1, -0.05) is 6.07 Å². The minimum atomic E-state index is -4.67. The predicted octanol–water partition coefficient (Wildman–Crippen LogP) is 3.68. The molecule has 0 N–H and O–H groups in total. The molecule has 0 fully saturated rings. The Bertz CT molecular complexity index is 350. The molecule has 15 heavy (non-hydrogen) atoms. The molecule has 0 saturated heterocycles. The summed E-state index contributed by atoms with van der Waals surface area (Å²) in [6.45, 7) is 0. The van der Waals surface area contributed by atoms with Crippen molar-refractivity contribution in [3.8, 4) is 5.75 Å². The van der Waals surface area contributed by atoms with Crippen molar-refractivity contribution in [1.29, 1.82) is 0 Å². The van der Waals surface area contributed by atoms with Gasteiger partial charge >= 0.3 is 6.18 Å². The molecule has 1 unspecified atom stereocenters. The second-order valence-corrected chi connectivity index (χ2v) is 3.23. The van der Waals surface area contributed by atoms with Gasteiger partial charge in [0.2, 0.25) is 0 Å². The largest absolute Gasteiger partial charge is 0.497 e. The molecule has 0 amide bonds. The van der Waals surface area contributed by atoms with E-state index in [9.17, 15) is 17.6 Å². The maximum Gasteiger partial charge on any atom is 0.409 e. The topological polar surface area (TPSA) is 9.23 Å². The molecule has 1 atom stereocenters. The summed E-state index contributed by atoms with van der Waals surface area (Å²) in [6, 6.07) is 3.04. The van der Waals surface area contributed by atoms with Crippen LogP contribution in [-0.2, 0) is 0 Å². The number of benzene rings is 1. The molecule has 0 heterocycles. The maximum absolute atomic E-state index is 13.2. The zero-order chi connectivity index (χ0) is 11.6. The summed E-state index contributed by atoms with van der Waals surface area (Å²) in [7, 11) is 1.29. The molecule has 0 aromatic heterocycles. The van der Waals surface area contributed by atoms with Crippen LogP contribution in [0.25, 0.3) is 0 Å². The van der Waals surface area contributed by atoms with Crippen molar-refractivity contribution in [2.45, 2.75) is 11.6 Å². The van der Waals surface area contributed by atoms with Gasteiger partial charge in [0, 0.05) is 11.6 Å². The summed E-state index contributed by atoms with van der Waals surface area (Å²) in [5.41, 5.74) is -0.607. The fourth-order valence-electron chi connectivity index (χ4n) is 1.02. The first kappa shape index (κ1) is 12.1. The molecule has 0 saturated carbocycles.